The minimum atomic E-state index is -0.633. The summed E-state index contributed by atoms with van der Waals surface area (Å²) >= 11 is 5.70. The number of aldehydes is 1. The Hall–Kier alpha value is -2.27. The molecular formula is C13H7ClFNO3. The summed E-state index contributed by atoms with van der Waals surface area (Å²) in [7, 11) is 0. The van der Waals surface area contributed by atoms with Crippen molar-refractivity contribution in [2.45, 2.75) is 0 Å². The summed E-state index contributed by atoms with van der Waals surface area (Å²) in [6, 6.07) is 7.67. The van der Waals surface area contributed by atoms with Gasteiger partial charge in [0.25, 0.3) is 5.69 Å². The van der Waals surface area contributed by atoms with Crippen LogP contribution in [-0.4, -0.2) is 11.2 Å². The standard InChI is InChI=1S/C13H7ClFNO3/c14-12-4-2-8(5-13(12)16(18)19)11-6-10(15)3-1-9(11)7-17/h1-7H. The monoisotopic (exact) mass is 279 g/mol. The Kier molecular flexibility index (Phi) is 3.57. The van der Waals surface area contributed by atoms with Gasteiger partial charge in [0.15, 0.2) is 6.29 Å². The number of hydrogen-bond donors (Lipinski definition) is 0. The van der Waals surface area contributed by atoms with Gasteiger partial charge < -0.3 is 0 Å². The van der Waals surface area contributed by atoms with E-state index in [0.717, 1.165) is 12.1 Å². The molecule has 96 valence electrons. The topological polar surface area (TPSA) is 60.2 Å². The fourth-order valence-corrected chi connectivity index (χ4v) is 1.89. The first kappa shape index (κ1) is 13.2. The summed E-state index contributed by atoms with van der Waals surface area (Å²) in [5, 5.41) is 10.8. The Morgan fingerprint density at radius 2 is 1.95 bits per heavy atom. The summed E-state index contributed by atoms with van der Waals surface area (Å²) in [4.78, 5) is 21.1. The van der Waals surface area contributed by atoms with E-state index in [1.165, 1.54) is 24.3 Å². The largest absolute Gasteiger partial charge is 0.298 e. The lowest BCUT2D eigenvalue weighted by Crippen LogP contribution is -1.93. The van der Waals surface area contributed by atoms with Gasteiger partial charge in [-0.05, 0) is 35.4 Å². The van der Waals surface area contributed by atoms with Gasteiger partial charge in [0.1, 0.15) is 10.8 Å². The lowest BCUT2D eigenvalue weighted by atomic mass is 10.00. The number of benzene rings is 2. The summed E-state index contributed by atoms with van der Waals surface area (Å²) in [5.41, 5.74) is 0.603. The van der Waals surface area contributed by atoms with Crippen molar-refractivity contribution < 1.29 is 14.1 Å². The van der Waals surface area contributed by atoms with Crippen LogP contribution in [0.4, 0.5) is 10.1 Å². The van der Waals surface area contributed by atoms with Crippen molar-refractivity contribution in [2.75, 3.05) is 0 Å². The molecule has 0 aliphatic heterocycles. The number of carbonyl (C=O) groups excluding carboxylic acids is 1. The Morgan fingerprint density at radius 3 is 2.58 bits per heavy atom. The second-order valence-electron chi connectivity index (χ2n) is 3.77. The van der Waals surface area contributed by atoms with Crippen molar-refractivity contribution in [1.29, 1.82) is 0 Å². The lowest BCUT2D eigenvalue weighted by molar-refractivity contribution is -0.384. The van der Waals surface area contributed by atoms with Crippen molar-refractivity contribution in [2.24, 2.45) is 0 Å². The van der Waals surface area contributed by atoms with Crippen LogP contribution >= 0.6 is 11.6 Å². The molecule has 4 nitrogen and oxygen atoms in total. The summed E-state index contributed by atoms with van der Waals surface area (Å²) in [5.74, 6) is -0.529. The first-order valence-corrected chi connectivity index (χ1v) is 5.60. The number of carbonyl (C=O) groups is 1. The summed E-state index contributed by atoms with van der Waals surface area (Å²) in [6.45, 7) is 0. The highest BCUT2D eigenvalue weighted by atomic mass is 35.5. The minimum absolute atomic E-state index is 0.0159. The van der Waals surface area contributed by atoms with Gasteiger partial charge in [-0.2, -0.15) is 0 Å². The molecule has 0 aliphatic rings. The first-order valence-electron chi connectivity index (χ1n) is 5.22. The zero-order valence-electron chi connectivity index (χ0n) is 9.47. The van der Waals surface area contributed by atoms with E-state index in [-0.39, 0.29) is 21.8 Å². The van der Waals surface area contributed by atoms with E-state index < -0.39 is 10.7 Å². The Labute approximate surface area is 112 Å². The normalized spacial score (nSPS) is 10.2. The van der Waals surface area contributed by atoms with E-state index in [0.29, 0.717) is 11.8 Å². The van der Waals surface area contributed by atoms with Gasteiger partial charge >= 0.3 is 0 Å². The maximum absolute atomic E-state index is 13.2. The maximum Gasteiger partial charge on any atom is 0.288 e. The van der Waals surface area contributed by atoms with Gasteiger partial charge in [0, 0.05) is 11.6 Å². The number of hydrogen-bond acceptors (Lipinski definition) is 3. The van der Waals surface area contributed by atoms with Crippen molar-refractivity contribution in [3.05, 3.63) is 62.9 Å². The Bertz CT molecular complexity index is 673. The van der Waals surface area contributed by atoms with Crippen molar-refractivity contribution in [3.63, 3.8) is 0 Å². The molecule has 0 aliphatic carbocycles. The molecule has 0 saturated carbocycles. The number of nitro groups is 1. The highest BCUT2D eigenvalue weighted by Crippen LogP contribution is 2.31. The molecule has 6 heteroatoms. The third-order valence-corrected chi connectivity index (χ3v) is 2.92. The van der Waals surface area contributed by atoms with Gasteiger partial charge in [-0.1, -0.05) is 17.7 Å². The van der Waals surface area contributed by atoms with Crippen LogP contribution in [0.25, 0.3) is 11.1 Å². The molecule has 0 amide bonds. The van der Waals surface area contributed by atoms with Gasteiger partial charge in [0.05, 0.1) is 4.92 Å². The van der Waals surface area contributed by atoms with Gasteiger partial charge in [-0.25, -0.2) is 4.39 Å². The van der Waals surface area contributed by atoms with Crippen LogP contribution in [0.3, 0.4) is 0 Å². The molecule has 19 heavy (non-hydrogen) atoms. The quantitative estimate of drug-likeness (QED) is 0.487. The third kappa shape index (κ3) is 2.61. The molecule has 0 saturated heterocycles. The smallest absolute Gasteiger partial charge is 0.288 e. The SMILES string of the molecule is O=Cc1ccc(F)cc1-c1ccc(Cl)c([N+](=O)[O-])c1. The molecular weight excluding hydrogens is 273 g/mol. The molecule has 0 unspecified atom stereocenters. The predicted molar refractivity (Wildman–Crippen MR) is 68.9 cm³/mol. The highest BCUT2D eigenvalue weighted by Gasteiger charge is 2.15. The van der Waals surface area contributed by atoms with Crippen LogP contribution in [0.5, 0.6) is 0 Å². The average molecular weight is 280 g/mol. The zero-order chi connectivity index (χ0) is 14.0. The Balaban J connectivity index is 2.65. The fourth-order valence-electron chi connectivity index (χ4n) is 1.70. The number of nitro benzene ring substituents is 1. The van der Waals surface area contributed by atoms with E-state index >= 15 is 0 Å². The van der Waals surface area contributed by atoms with Crippen molar-refractivity contribution in [3.8, 4) is 11.1 Å². The van der Waals surface area contributed by atoms with E-state index in [9.17, 15) is 19.3 Å². The lowest BCUT2D eigenvalue weighted by Gasteiger charge is -2.06. The van der Waals surface area contributed by atoms with Gasteiger partial charge in [-0.3, -0.25) is 14.9 Å². The van der Waals surface area contributed by atoms with E-state index in [1.54, 1.807) is 0 Å². The van der Waals surface area contributed by atoms with Gasteiger partial charge in [0.2, 0.25) is 0 Å². The molecule has 0 fully saturated rings. The molecule has 2 aromatic rings. The maximum atomic E-state index is 13.2. The molecule has 0 aromatic heterocycles. The first-order chi connectivity index (χ1) is 9.02. The van der Waals surface area contributed by atoms with Crippen molar-refractivity contribution >= 4 is 23.6 Å². The molecule has 2 aromatic carbocycles. The van der Waals surface area contributed by atoms with Crippen molar-refractivity contribution in [1.82, 2.24) is 0 Å². The molecule has 0 bridgehead atoms. The van der Waals surface area contributed by atoms with E-state index in [4.69, 9.17) is 11.6 Å². The molecule has 0 atom stereocenters. The second kappa shape index (κ2) is 5.16. The number of nitrogens with zero attached hydrogens (tertiary/aromatic N) is 1. The third-order valence-electron chi connectivity index (χ3n) is 2.60. The average Bonchev–Trinajstić information content (AvgIpc) is 2.39. The predicted octanol–water partition coefficient (Wildman–Crippen LogP) is 3.87. The van der Waals surface area contributed by atoms with Crippen LogP contribution in [0.2, 0.25) is 5.02 Å². The van der Waals surface area contributed by atoms with Crippen LogP contribution in [0.1, 0.15) is 10.4 Å². The van der Waals surface area contributed by atoms with Crippen LogP contribution < -0.4 is 0 Å². The zero-order valence-corrected chi connectivity index (χ0v) is 10.2. The second-order valence-corrected chi connectivity index (χ2v) is 4.18. The summed E-state index contributed by atoms with van der Waals surface area (Å²) < 4.78 is 13.2. The van der Waals surface area contributed by atoms with Crippen LogP contribution in [0, 0.1) is 15.9 Å². The summed E-state index contributed by atoms with van der Waals surface area (Å²) in [6.07, 6.45) is 0.565. The number of rotatable bonds is 3. The van der Waals surface area contributed by atoms with E-state index in [1.807, 2.05) is 0 Å². The number of halogens is 2. The minimum Gasteiger partial charge on any atom is -0.298 e. The highest BCUT2D eigenvalue weighted by molar-refractivity contribution is 6.32. The molecule has 0 radical (unpaired) electrons. The Morgan fingerprint density at radius 1 is 1.21 bits per heavy atom. The van der Waals surface area contributed by atoms with Crippen LogP contribution in [-0.2, 0) is 0 Å². The fraction of sp³-hybridized carbons (Fsp3) is 0. The molecule has 2 rings (SSSR count). The molecule has 0 N–H and O–H groups in total. The van der Waals surface area contributed by atoms with Gasteiger partial charge in [-0.15, -0.1) is 0 Å². The van der Waals surface area contributed by atoms with E-state index in [2.05, 4.69) is 0 Å². The molecule has 0 spiro atoms. The molecule has 0 heterocycles. The van der Waals surface area contributed by atoms with Crippen LogP contribution in [0.15, 0.2) is 36.4 Å².